The van der Waals surface area contributed by atoms with Crippen molar-refractivity contribution in [2.75, 3.05) is 30.4 Å². The number of rotatable bonds is 6. The van der Waals surface area contributed by atoms with Gasteiger partial charge in [0, 0.05) is 31.7 Å². The summed E-state index contributed by atoms with van der Waals surface area (Å²) in [6.07, 6.45) is 2.67. The molecule has 0 aliphatic heterocycles. The zero-order valence-electron chi connectivity index (χ0n) is 11.2. The van der Waals surface area contributed by atoms with E-state index in [1.54, 1.807) is 6.33 Å². The van der Waals surface area contributed by atoms with Gasteiger partial charge in [0.25, 0.3) is 0 Å². The van der Waals surface area contributed by atoms with Crippen LogP contribution in [0.15, 0.2) is 12.4 Å². The van der Waals surface area contributed by atoms with Crippen molar-refractivity contribution in [1.29, 1.82) is 0 Å². The van der Waals surface area contributed by atoms with Gasteiger partial charge in [-0.15, -0.1) is 0 Å². The zero-order chi connectivity index (χ0) is 12.9. The van der Waals surface area contributed by atoms with Crippen LogP contribution in [0.1, 0.15) is 27.2 Å². The fraction of sp³-hybridized carbons (Fsp3) is 0.667. The molecule has 0 radical (unpaired) electrons. The van der Waals surface area contributed by atoms with E-state index in [2.05, 4.69) is 27.1 Å². The maximum absolute atomic E-state index is 5.91. The Morgan fingerprint density at radius 3 is 2.71 bits per heavy atom. The van der Waals surface area contributed by atoms with E-state index in [4.69, 9.17) is 5.73 Å². The number of hydrogen-bond donors (Lipinski definition) is 2. The molecule has 1 rings (SSSR count). The minimum Gasteiger partial charge on any atom is -0.368 e. The van der Waals surface area contributed by atoms with Crippen LogP contribution in [0.3, 0.4) is 0 Å². The first-order valence-corrected chi connectivity index (χ1v) is 5.98. The summed E-state index contributed by atoms with van der Waals surface area (Å²) in [5.74, 6) is 1.75. The fourth-order valence-electron chi connectivity index (χ4n) is 1.42. The number of nitrogens with one attached hydrogen (secondary N) is 1. The molecule has 0 atom stereocenters. The molecule has 0 unspecified atom stereocenters. The predicted octanol–water partition coefficient (Wildman–Crippen LogP) is 1.47. The molecule has 0 fully saturated rings. The molecule has 0 saturated carbocycles. The van der Waals surface area contributed by atoms with Crippen molar-refractivity contribution in [1.82, 2.24) is 9.97 Å². The molecule has 0 spiro atoms. The fourth-order valence-corrected chi connectivity index (χ4v) is 1.42. The molecule has 3 N–H and O–H groups in total. The third-order valence-corrected chi connectivity index (χ3v) is 2.33. The summed E-state index contributed by atoms with van der Waals surface area (Å²) in [5.41, 5.74) is 5.66. The third-order valence-electron chi connectivity index (χ3n) is 2.33. The Hall–Kier alpha value is -1.36. The molecule has 0 aromatic carbocycles. The van der Waals surface area contributed by atoms with Gasteiger partial charge < -0.3 is 16.0 Å². The summed E-state index contributed by atoms with van der Waals surface area (Å²) in [5, 5.41) is 3.22. The molecule has 0 aliphatic rings. The highest BCUT2D eigenvalue weighted by atomic mass is 15.2. The Kier molecular flexibility index (Phi) is 4.69. The van der Waals surface area contributed by atoms with Crippen molar-refractivity contribution in [3.05, 3.63) is 12.4 Å². The number of anilines is 2. The molecule has 0 aliphatic carbocycles. The lowest BCUT2D eigenvalue weighted by Gasteiger charge is -2.21. The van der Waals surface area contributed by atoms with Crippen molar-refractivity contribution in [2.24, 2.45) is 5.73 Å². The van der Waals surface area contributed by atoms with Crippen LogP contribution in [-0.2, 0) is 0 Å². The quantitative estimate of drug-likeness (QED) is 0.784. The molecule has 5 nitrogen and oxygen atoms in total. The number of hydrogen-bond acceptors (Lipinski definition) is 5. The molecule has 1 aromatic rings. The van der Waals surface area contributed by atoms with E-state index in [9.17, 15) is 0 Å². The number of aromatic nitrogens is 2. The lowest BCUT2D eigenvalue weighted by atomic mass is 10.1. The van der Waals surface area contributed by atoms with Gasteiger partial charge in [-0.2, -0.15) is 0 Å². The standard InChI is InChI=1S/C12H23N5/c1-5-6-17(4)11-7-10(15-9-16-11)14-8-12(2,3)13/h7,9H,5-6,8,13H2,1-4H3,(H,14,15,16). The van der Waals surface area contributed by atoms with Crippen molar-refractivity contribution < 1.29 is 0 Å². The van der Waals surface area contributed by atoms with Gasteiger partial charge in [-0.25, -0.2) is 9.97 Å². The average Bonchev–Trinajstić information content (AvgIpc) is 2.26. The minimum atomic E-state index is -0.250. The van der Waals surface area contributed by atoms with Gasteiger partial charge in [0.05, 0.1) is 0 Å². The topological polar surface area (TPSA) is 67.1 Å². The summed E-state index contributed by atoms with van der Waals surface area (Å²) < 4.78 is 0. The van der Waals surface area contributed by atoms with Crippen LogP contribution in [0, 0.1) is 0 Å². The maximum Gasteiger partial charge on any atom is 0.133 e. The average molecular weight is 237 g/mol. The lowest BCUT2D eigenvalue weighted by Crippen LogP contribution is -2.39. The second-order valence-corrected chi connectivity index (χ2v) is 5.03. The van der Waals surface area contributed by atoms with E-state index >= 15 is 0 Å². The van der Waals surface area contributed by atoms with Gasteiger partial charge in [0.15, 0.2) is 0 Å². The monoisotopic (exact) mass is 237 g/mol. The molecule has 5 heteroatoms. The zero-order valence-corrected chi connectivity index (χ0v) is 11.2. The molecule has 96 valence electrons. The summed E-state index contributed by atoms with van der Waals surface area (Å²) in [7, 11) is 2.03. The van der Waals surface area contributed by atoms with Crippen LogP contribution in [0.4, 0.5) is 11.6 Å². The first kappa shape index (κ1) is 13.7. The smallest absolute Gasteiger partial charge is 0.133 e. The van der Waals surface area contributed by atoms with Crippen molar-refractivity contribution in [2.45, 2.75) is 32.7 Å². The van der Waals surface area contributed by atoms with Gasteiger partial charge >= 0.3 is 0 Å². The predicted molar refractivity (Wildman–Crippen MR) is 72.3 cm³/mol. The van der Waals surface area contributed by atoms with E-state index in [0.717, 1.165) is 24.6 Å². The van der Waals surface area contributed by atoms with Crippen LogP contribution in [-0.4, -0.2) is 35.6 Å². The summed E-state index contributed by atoms with van der Waals surface area (Å²) in [6, 6.07) is 1.95. The van der Waals surface area contributed by atoms with Gasteiger partial charge in [-0.1, -0.05) is 6.92 Å². The van der Waals surface area contributed by atoms with Crippen LogP contribution in [0.5, 0.6) is 0 Å². The molecule has 0 bridgehead atoms. The summed E-state index contributed by atoms with van der Waals surface area (Å²) in [6.45, 7) is 7.77. The lowest BCUT2D eigenvalue weighted by molar-refractivity contribution is 0.548. The Balaban J connectivity index is 2.66. The normalized spacial score (nSPS) is 11.4. The Morgan fingerprint density at radius 2 is 2.12 bits per heavy atom. The van der Waals surface area contributed by atoms with E-state index in [0.29, 0.717) is 6.54 Å². The van der Waals surface area contributed by atoms with Crippen LogP contribution in [0.2, 0.25) is 0 Å². The van der Waals surface area contributed by atoms with Gasteiger partial charge in [-0.05, 0) is 20.3 Å². The maximum atomic E-state index is 5.91. The molecule has 17 heavy (non-hydrogen) atoms. The van der Waals surface area contributed by atoms with Gasteiger partial charge in [0.2, 0.25) is 0 Å². The van der Waals surface area contributed by atoms with E-state index < -0.39 is 0 Å². The van der Waals surface area contributed by atoms with Crippen molar-refractivity contribution in [3.8, 4) is 0 Å². The largest absolute Gasteiger partial charge is 0.368 e. The number of nitrogens with zero attached hydrogens (tertiary/aromatic N) is 3. The third kappa shape index (κ3) is 4.99. The SMILES string of the molecule is CCCN(C)c1cc(NCC(C)(C)N)ncn1. The Bertz CT molecular complexity index is 345. The van der Waals surface area contributed by atoms with Gasteiger partial charge in [-0.3, -0.25) is 0 Å². The molecule has 0 amide bonds. The Morgan fingerprint density at radius 1 is 1.41 bits per heavy atom. The van der Waals surface area contributed by atoms with Crippen LogP contribution in [0.25, 0.3) is 0 Å². The highest BCUT2D eigenvalue weighted by molar-refractivity contribution is 5.48. The van der Waals surface area contributed by atoms with Crippen molar-refractivity contribution >= 4 is 11.6 Å². The van der Waals surface area contributed by atoms with E-state index in [1.807, 2.05) is 27.0 Å². The van der Waals surface area contributed by atoms with E-state index in [1.165, 1.54) is 0 Å². The van der Waals surface area contributed by atoms with Crippen LogP contribution < -0.4 is 16.0 Å². The first-order chi connectivity index (χ1) is 7.92. The van der Waals surface area contributed by atoms with Crippen molar-refractivity contribution in [3.63, 3.8) is 0 Å². The second-order valence-electron chi connectivity index (χ2n) is 5.03. The Labute approximate surface area is 103 Å². The molecule has 0 saturated heterocycles. The van der Waals surface area contributed by atoms with Gasteiger partial charge in [0.1, 0.15) is 18.0 Å². The minimum absolute atomic E-state index is 0.250. The first-order valence-electron chi connectivity index (χ1n) is 5.98. The van der Waals surface area contributed by atoms with E-state index in [-0.39, 0.29) is 5.54 Å². The highest BCUT2D eigenvalue weighted by Crippen LogP contribution is 2.13. The molecule has 1 heterocycles. The summed E-state index contributed by atoms with van der Waals surface area (Å²) in [4.78, 5) is 10.5. The second kappa shape index (κ2) is 5.82. The molecular weight excluding hydrogens is 214 g/mol. The molecule has 1 aromatic heterocycles. The summed E-state index contributed by atoms with van der Waals surface area (Å²) >= 11 is 0. The number of nitrogens with two attached hydrogens (primary N) is 1. The highest BCUT2D eigenvalue weighted by Gasteiger charge is 2.10. The van der Waals surface area contributed by atoms with Crippen LogP contribution >= 0.6 is 0 Å². The molecular formula is C12H23N5.